The Labute approximate surface area is 88.6 Å². The molecule has 0 radical (unpaired) electrons. The van der Waals surface area contributed by atoms with Crippen molar-refractivity contribution in [1.29, 1.82) is 0 Å². The maximum atomic E-state index is 11.2. The molecule has 0 aliphatic carbocycles. The number of nitrogens with one attached hydrogen (secondary N) is 1. The number of nitrogens with two attached hydrogens (primary N) is 2. The molecule has 5 N–H and O–H groups in total. The summed E-state index contributed by atoms with van der Waals surface area (Å²) in [5.41, 5.74) is 11.7. The number of anilines is 1. The average Bonchev–Trinajstić information content (AvgIpc) is 2.42. The zero-order valence-corrected chi connectivity index (χ0v) is 9.08. The van der Waals surface area contributed by atoms with Gasteiger partial charge in [-0.05, 0) is 19.9 Å². The van der Waals surface area contributed by atoms with Crippen molar-refractivity contribution in [3.63, 3.8) is 0 Å². The van der Waals surface area contributed by atoms with E-state index >= 15 is 0 Å². The summed E-state index contributed by atoms with van der Waals surface area (Å²) < 4.78 is 1.62. The summed E-state index contributed by atoms with van der Waals surface area (Å²) >= 11 is 0. The van der Waals surface area contributed by atoms with Crippen LogP contribution in [0.1, 0.15) is 22.5 Å². The first-order valence-corrected chi connectivity index (χ1v) is 4.85. The van der Waals surface area contributed by atoms with Gasteiger partial charge in [0.15, 0.2) is 0 Å². The summed E-state index contributed by atoms with van der Waals surface area (Å²) in [4.78, 5) is 11.2. The molecule has 1 heterocycles. The Kier molecular flexibility index (Phi) is 3.68. The predicted octanol–water partition coefficient (Wildman–Crippen LogP) is -0.412. The minimum absolute atomic E-state index is 0.453. The molecular weight excluding hydrogens is 194 g/mol. The number of aryl methyl sites for hydroxylation is 2. The standard InChI is InChI=1S/C9H17N5O/c1-6-7(8(11)15)9(14(2)13-6)12-5-3-4-10/h12H,3-5,10H2,1-2H3,(H2,11,15). The lowest BCUT2D eigenvalue weighted by molar-refractivity contribution is 0.100. The zero-order chi connectivity index (χ0) is 11.4. The molecular formula is C9H17N5O. The number of hydrogen-bond acceptors (Lipinski definition) is 4. The molecule has 0 aliphatic rings. The Morgan fingerprint density at radius 3 is 2.80 bits per heavy atom. The van der Waals surface area contributed by atoms with Gasteiger partial charge in [-0.15, -0.1) is 0 Å². The number of carbonyl (C=O) groups is 1. The van der Waals surface area contributed by atoms with Crippen LogP contribution >= 0.6 is 0 Å². The van der Waals surface area contributed by atoms with Crippen LogP contribution in [0.15, 0.2) is 0 Å². The lowest BCUT2D eigenvalue weighted by atomic mass is 10.2. The van der Waals surface area contributed by atoms with Crippen LogP contribution in [0.25, 0.3) is 0 Å². The molecule has 1 aromatic heterocycles. The van der Waals surface area contributed by atoms with Crippen molar-refractivity contribution in [3.8, 4) is 0 Å². The highest BCUT2D eigenvalue weighted by atomic mass is 16.1. The maximum absolute atomic E-state index is 11.2. The summed E-state index contributed by atoms with van der Waals surface area (Å²) in [6.07, 6.45) is 0.836. The van der Waals surface area contributed by atoms with E-state index in [9.17, 15) is 4.79 Å². The molecule has 0 bridgehead atoms. The summed E-state index contributed by atoms with van der Waals surface area (Å²) in [5, 5.41) is 7.24. The number of primary amides is 1. The molecule has 1 amide bonds. The first-order valence-electron chi connectivity index (χ1n) is 4.85. The number of nitrogens with zero attached hydrogens (tertiary/aromatic N) is 2. The molecule has 1 aromatic rings. The molecule has 1 rings (SSSR count). The summed E-state index contributed by atoms with van der Waals surface area (Å²) in [6.45, 7) is 3.07. The fourth-order valence-electron chi connectivity index (χ4n) is 1.46. The maximum Gasteiger partial charge on any atom is 0.254 e. The first kappa shape index (κ1) is 11.5. The highest BCUT2D eigenvalue weighted by molar-refractivity contribution is 5.98. The topological polar surface area (TPSA) is 99.0 Å². The smallest absolute Gasteiger partial charge is 0.254 e. The zero-order valence-electron chi connectivity index (χ0n) is 9.08. The number of hydrogen-bond donors (Lipinski definition) is 3. The van der Waals surface area contributed by atoms with E-state index in [2.05, 4.69) is 10.4 Å². The van der Waals surface area contributed by atoms with E-state index in [1.807, 2.05) is 0 Å². The molecule has 0 aromatic carbocycles. The highest BCUT2D eigenvalue weighted by Gasteiger charge is 2.17. The Hall–Kier alpha value is -1.56. The minimum atomic E-state index is -0.462. The average molecular weight is 211 g/mol. The van der Waals surface area contributed by atoms with E-state index in [1.165, 1.54) is 0 Å². The highest BCUT2D eigenvalue weighted by Crippen LogP contribution is 2.17. The third kappa shape index (κ3) is 2.47. The second kappa shape index (κ2) is 4.79. The molecule has 0 fully saturated rings. The molecule has 0 saturated carbocycles. The van der Waals surface area contributed by atoms with Gasteiger partial charge in [-0.2, -0.15) is 5.10 Å². The van der Waals surface area contributed by atoms with E-state index in [-0.39, 0.29) is 0 Å². The van der Waals surface area contributed by atoms with Gasteiger partial charge in [-0.25, -0.2) is 0 Å². The van der Waals surface area contributed by atoms with Gasteiger partial charge in [0.05, 0.1) is 5.69 Å². The van der Waals surface area contributed by atoms with Gasteiger partial charge in [0.1, 0.15) is 11.4 Å². The van der Waals surface area contributed by atoms with E-state index in [1.54, 1.807) is 18.7 Å². The monoisotopic (exact) mass is 211 g/mol. The van der Waals surface area contributed by atoms with Crippen LogP contribution in [-0.2, 0) is 7.05 Å². The van der Waals surface area contributed by atoms with Crippen molar-refractivity contribution < 1.29 is 4.79 Å². The number of amides is 1. The molecule has 0 saturated heterocycles. The number of carbonyl (C=O) groups excluding carboxylic acids is 1. The van der Waals surface area contributed by atoms with E-state index < -0.39 is 5.91 Å². The predicted molar refractivity (Wildman–Crippen MR) is 58.6 cm³/mol. The quantitative estimate of drug-likeness (QED) is 0.576. The largest absolute Gasteiger partial charge is 0.370 e. The molecule has 84 valence electrons. The van der Waals surface area contributed by atoms with Crippen LogP contribution in [-0.4, -0.2) is 28.8 Å². The third-order valence-corrected chi connectivity index (χ3v) is 2.14. The fourth-order valence-corrected chi connectivity index (χ4v) is 1.46. The van der Waals surface area contributed by atoms with E-state index in [0.717, 1.165) is 6.42 Å². The van der Waals surface area contributed by atoms with Crippen molar-refractivity contribution in [3.05, 3.63) is 11.3 Å². The molecule has 6 heteroatoms. The molecule has 0 unspecified atom stereocenters. The summed E-state index contributed by atoms with van der Waals surface area (Å²) in [6, 6.07) is 0. The Bertz CT molecular complexity index is 358. The first-order chi connectivity index (χ1) is 7.07. The lowest BCUT2D eigenvalue weighted by Crippen LogP contribution is -2.17. The van der Waals surface area contributed by atoms with Gasteiger partial charge in [0.2, 0.25) is 0 Å². The van der Waals surface area contributed by atoms with Crippen molar-refractivity contribution in [2.45, 2.75) is 13.3 Å². The van der Waals surface area contributed by atoms with Gasteiger partial charge in [0.25, 0.3) is 5.91 Å². The second-order valence-corrected chi connectivity index (χ2v) is 3.37. The van der Waals surface area contributed by atoms with Crippen molar-refractivity contribution in [2.75, 3.05) is 18.4 Å². The SMILES string of the molecule is Cc1nn(C)c(NCCCN)c1C(N)=O. The van der Waals surface area contributed by atoms with Crippen LogP contribution in [0, 0.1) is 6.92 Å². The molecule has 0 atom stereocenters. The van der Waals surface area contributed by atoms with Gasteiger partial charge in [0, 0.05) is 13.6 Å². The summed E-state index contributed by atoms with van der Waals surface area (Å²) in [5.74, 6) is 0.198. The van der Waals surface area contributed by atoms with Crippen molar-refractivity contribution >= 4 is 11.7 Å². The lowest BCUT2D eigenvalue weighted by Gasteiger charge is -2.07. The minimum Gasteiger partial charge on any atom is -0.370 e. The van der Waals surface area contributed by atoms with Crippen LogP contribution in [0.5, 0.6) is 0 Å². The second-order valence-electron chi connectivity index (χ2n) is 3.37. The van der Waals surface area contributed by atoms with Gasteiger partial charge >= 0.3 is 0 Å². The van der Waals surface area contributed by atoms with Crippen molar-refractivity contribution in [2.24, 2.45) is 18.5 Å². The molecule has 15 heavy (non-hydrogen) atoms. The summed E-state index contributed by atoms with van der Waals surface area (Å²) in [7, 11) is 1.77. The molecule has 0 aliphatic heterocycles. The molecule has 6 nitrogen and oxygen atoms in total. The van der Waals surface area contributed by atoms with Crippen LogP contribution in [0.3, 0.4) is 0 Å². The van der Waals surface area contributed by atoms with Crippen LogP contribution in [0.4, 0.5) is 5.82 Å². The van der Waals surface area contributed by atoms with Crippen LogP contribution < -0.4 is 16.8 Å². The molecule has 0 spiro atoms. The fraction of sp³-hybridized carbons (Fsp3) is 0.556. The number of aromatic nitrogens is 2. The van der Waals surface area contributed by atoms with E-state index in [0.29, 0.717) is 30.2 Å². The van der Waals surface area contributed by atoms with Gasteiger partial charge < -0.3 is 16.8 Å². The van der Waals surface area contributed by atoms with E-state index in [4.69, 9.17) is 11.5 Å². The Balaban J connectivity index is 2.89. The third-order valence-electron chi connectivity index (χ3n) is 2.14. The Morgan fingerprint density at radius 2 is 2.27 bits per heavy atom. The van der Waals surface area contributed by atoms with Crippen LogP contribution in [0.2, 0.25) is 0 Å². The Morgan fingerprint density at radius 1 is 1.60 bits per heavy atom. The number of rotatable bonds is 5. The van der Waals surface area contributed by atoms with Gasteiger partial charge in [-0.1, -0.05) is 0 Å². The van der Waals surface area contributed by atoms with Crippen molar-refractivity contribution in [1.82, 2.24) is 9.78 Å². The van der Waals surface area contributed by atoms with Gasteiger partial charge in [-0.3, -0.25) is 9.48 Å². The normalized spacial score (nSPS) is 10.3.